The van der Waals surface area contributed by atoms with Crippen LogP contribution in [0.5, 0.6) is 0 Å². The minimum Gasteiger partial charge on any atom is -1.00 e. The smallest absolute Gasteiger partial charge is 1.00 e. The molecule has 0 nitrogen and oxygen atoms in total. The van der Waals surface area contributed by atoms with E-state index in [1.807, 2.05) is 0 Å². The SMILES string of the molecule is C=C(F)F.[H-].[H-].[H-].[H-].[Mg+2].[Mg+2]. The van der Waals surface area contributed by atoms with Gasteiger partial charge in [0.15, 0.2) is 0 Å². The van der Waals surface area contributed by atoms with E-state index >= 15 is 0 Å². The second-order valence-corrected chi connectivity index (χ2v) is 0.339. The van der Waals surface area contributed by atoms with Gasteiger partial charge in [-0.05, 0) is 6.58 Å². The Bertz CT molecular complexity index is 42.2. The summed E-state index contributed by atoms with van der Waals surface area (Å²) >= 11 is 0. The third-order valence-corrected chi connectivity index (χ3v) is 0. The number of hydrogen-bond acceptors (Lipinski definition) is 0. The first kappa shape index (κ1) is 15.7. The van der Waals surface area contributed by atoms with E-state index in [2.05, 4.69) is 6.58 Å². The molecular weight excluding hydrogens is 111 g/mol. The molecule has 0 fully saturated rings. The molecule has 32 valence electrons. The van der Waals surface area contributed by atoms with Crippen molar-refractivity contribution in [3.05, 3.63) is 12.7 Å². The van der Waals surface area contributed by atoms with Crippen LogP contribution in [0.3, 0.4) is 0 Å². The van der Waals surface area contributed by atoms with E-state index in [1.165, 1.54) is 0 Å². The summed E-state index contributed by atoms with van der Waals surface area (Å²) in [7, 11) is 0. The fourth-order valence-corrected chi connectivity index (χ4v) is 0. The van der Waals surface area contributed by atoms with Crippen molar-refractivity contribution in [2.45, 2.75) is 0 Å². The van der Waals surface area contributed by atoms with Crippen molar-refractivity contribution >= 4 is 46.1 Å². The Balaban J connectivity index is -0.00000000300. The second-order valence-electron chi connectivity index (χ2n) is 0.339. The average Bonchev–Trinajstić information content (AvgIpc) is 0.811. The van der Waals surface area contributed by atoms with Crippen molar-refractivity contribution in [1.82, 2.24) is 0 Å². The molecule has 0 radical (unpaired) electrons. The number of hydrogen-bond donors (Lipinski definition) is 0. The number of rotatable bonds is 0. The van der Waals surface area contributed by atoms with Gasteiger partial charge < -0.3 is 5.71 Å². The molecule has 0 unspecified atom stereocenters. The summed E-state index contributed by atoms with van der Waals surface area (Å²) in [6.45, 7) is 2.22. The topological polar surface area (TPSA) is 0 Å². The molecule has 0 rings (SSSR count). The quantitative estimate of drug-likeness (QED) is 0.416. The largest absolute Gasteiger partial charge is 2.00 e. The van der Waals surface area contributed by atoms with Crippen LogP contribution in [-0.2, 0) is 0 Å². The zero-order valence-electron chi connectivity index (χ0n) is 7.38. The third-order valence-electron chi connectivity index (χ3n) is 0. The van der Waals surface area contributed by atoms with Crippen molar-refractivity contribution in [2.24, 2.45) is 0 Å². The molecule has 0 aliphatic carbocycles. The molecule has 0 heterocycles. The van der Waals surface area contributed by atoms with Gasteiger partial charge in [-0.15, -0.1) is 0 Å². The zero-order chi connectivity index (χ0) is 3.58. The molecule has 4 heteroatoms. The Labute approximate surface area is 73.2 Å². The van der Waals surface area contributed by atoms with Crippen molar-refractivity contribution in [1.29, 1.82) is 0 Å². The molecule has 0 saturated carbocycles. The van der Waals surface area contributed by atoms with Crippen LogP contribution in [0.1, 0.15) is 5.71 Å². The Morgan fingerprint density at radius 1 is 1.33 bits per heavy atom. The first-order chi connectivity index (χ1) is 1.73. The van der Waals surface area contributed by atoms with Gasteiger partial charge in [0.25, 0.3) is 6.08 Å². The molecule has 0 aliphatic heterocycles. The van der Waals surface area contributed by atoms with Crippen LogP contribution in [0.4, 0.5) is 8.78 Å². The van der Waals surface area contributed by atoms with Gasteiger partial charge in [-0.1, -0.05) is 0 Å². The maximum Gasteiger partial charge on any atom is 2.00 e. The summed E-state index contributed by atoms with van der Waals surface area (Å²) in [6.07, 6.45) is -1.83. The average molecular weight is 117 g/mol. The van der Waals surface area contributed by atoms with Gasteiger partial charge in [-0.3, -0.25) is 0 Å². The van der Waals surface area contributed by atoms with Crippen LogP contribution in [0.15, 0.2) is 12.7 Å². The van der Waals surface area contributed by atoms with E-state index in [-0.39, 0.29) is 51.8 Å². The molecule has 0 aromatic carbocycles. The van der Waals surface area contributed by atoms with E-state index in [4.69, 9.17) is 0 Å². The normalized spacial score (nSPS) is 4.33. The van der Waals surface area contributed by atoms with Crippen molar-refractivity contribution in [3.63, 3.8) is 0 Å². The molecule has 0 aromatic rings. The van der Waals surface area contributed by atoms with Gasteiger partial charge in [0.05, 0.1) is 0 Å². The van der Waals surface area contributed by atoms with Gasteiger partial charge in [0, 0.05) is 0 Å². The standard InChI is InChI=1S/C2H2F2.2Mg.4H/c1-2(3)4;;;;;;/h1H2;;;;;;/q;2*+2;4*-1. The second kappa shape index (κ2) is 9.46. The van der Waals surface area contributed by atoms with Crippen LogP contribution in [0, 0.1) is 0 Å². The van der Waals surface area contributed by atoms with Crippen LogP contribution >= 0.6 is 0 Å². The van der Waals surface area contributed by atoms with Crippen molar-refractivity contribution < 1.29 is 14.5 Å². The first-order valence-corrected chi connectivity index (χ1v) is 0.732. The summed E-state index contributed by atoms with van der Waals surface area (Å²) in [5.74, 6) is 0. The van der Waals surface area contributed by atoms with Crippen LogP contribution in [0.2, 0.25) is 0 Å². The summed E-state index contributed by atoms with van der Waals surface area (Å²) in [5.41, 5.74) is 0. The van der Waals surface area contributed by atoms with Crippen LogP contribution in [0.25, 0.3) is 0 Å². The molecule has 0 atom stereocenters. The molecule has 0 saturated heterocycles. The fraction of sp³-hybridized carbons (Fsp3) is 0. The van der Waals surface area contributed by atoms with Gasteiger partial charge in [-0.2, -0.15) is 8.78 Å². The molecule has 0 aromatic heterocycles. The molecular formula is C2H6F2Mg2. The maximum absolute atomic E-state index is 10.1. The molecule has 0 spiro atoms. The van der Waals surface area contributed by atoms with Gasteiger partial charge in [0.1, 0.15) is 0 Å². The van der Waals surface area contributed by atoms with Gasteiger partial charge >= 0.3 is 46.1 Å². The van der Waals surface area contributed by atoms with E-state index in [0.717, 1.165) is 0 Å². The summed E-state index contributed by atoms with van der Waals surface area (Å²) in [4.78, 5) is 0. The molecule has 6 heavy (non-hydrogen) atoms. The Morgan fingerprint density at radius 2 is 1.33 bits per heavy atom. The first-order valence-electron chi connectivity index (χ1n) is 0.732. The summed E-state index contributed by atoms with van der Waals surface area (Å²) in [6, 6.07) is 0. The predicted molar refractivity (Wildman–Crippen MR) is 27.3 cm³/mol. The summed E-state index contributed by atoms with van der Waals surface area (Å²) in [5, 5.41) is 0. The Hall–Kier alpha value is 1.13. The molecule has 0 aliphatic rings. The Kier molecular flexibility index (Phi) is 24.8. The minimum absolute atomic E-state index is 0. The van der Waals surface area contributed by atoms with Crippen LogP contribution < -0.4 is 0 Å². The van der Waals surface area contributed by atoms with Crippen molar-refractivity contribution in [2.75, 3.05) is 0 Å². The van der Waals surface area contributed by atoms with E-state index in [9.17, 15) is 8.78 Å². The predicted octanol–water partition coefficient (Wildman–Crippen LogP) is 1.08. The molecule has 0 amide bonds. The van der Waals surface area contributed by atoms with E-state index in [1.54, 1.807) is 0 Å². The molecule has 0 N–H and O–H groups in total. The van der Waals surface area contributed by atoms with E-state index < -0.39 is 6.08 Å². The maximum atomic E-state index is 10.1. The Morgan fingerprint density at radius 3 is 1.33 bits per heavy atom. The zero-order valence-corrected chi connectivity index (χ0v) is 6.21. The van der Waals surface area contributed by atoms with Crippen LogP contribution in [-0.4, -0.2) is 46.1 Å². The minimum atomic E-state index is -1.83. The van der Waals surface area contributed by atoms with Crippen molar-refractivity contribution in [3.8, 4) is 0 Å². The van der Waals surface area contributed by atoms with E-state index in [0.29, 0.717) is 0 Å². The fourth-order valence-electron chi connectivity index (χ4n) is 0. The number of halogens is 2. The van der Waals surface area contributed by atoms with Gasteiger partial charge in [-0.25, -0.2) is 0 Å². The monoisotopic (exact) mass is 116 g/mol. The third kappa shape index (κ3) is 68.3. The summed E-state index contributed by atoms with van der Waals surface area (Å²) < 4.78 is 20.3. The molecule has 0 bridgehead atoms. The van der Waals surface area contributed by atoms with Gasteiger partial charge in [0.2, 0.25) is 0 Å².